The summed E-state index contributed by atoms with van der Waals surface area (Å²) in [6.45, 7) is 21.0. The third-order valence-electron chi connectivity index (χ3n) is 5.87. The molecule has 2 unspecified atom stereocenters. The van der Waals surface area contributed by atoms with Crippen molar-refractivity contribution in [2.75, 3.05) is 78.8 Å². The Balaban J connectivity index is 1.50. The molecule has 0 radical (unpaired) electrons. The molecule has 0 amide bonds. The Morgan fingerprint density at radius 2 is 1.84 bits per heavy atom. The summed E-state index contributed by atoms with van der Waals surface area (Å²) < 4.78 is 16.6. The predicted molar refractivity (Wildman–Crippen MR) is 126 cm³/mol. The summed E-state index contributed by atoms with van der Waals surface area (Å²) in [5.41, 5.74) is 1.31. The van der Waals surface area contributed by atoms with Crippen LogP contribution < -0.4 is 0 Å². The second-order valence-corrected chi connectivity index (χ2v) is 10.5. The molecule has 182 valence electrons. The van der Waals surface area contributed by atoms with Crippen molar-refractivity contribution >= 4 is 5.71 Å². The van der Waals surface area contributed by atoms with Crippen molar-refractivity contribution in [3.05, 3.63) is 0 Å². The molecule has 7 nitrogen and oxygen atoms in total. The quantitative estimate of drug-likeness (QED) is 0.225. The predicted octanol–water partition coefficient (Wildman–Crippen LogP) is 2.32. The van der Waals surface area contributed by atoms with Crippen molar-refractivity contribution in [3.8, 4) is 0 Å². The zero-order valence-electron chi connectivity index (χ0n) is 20.6. The summed E-state index contributed by atoms with van der Waals surface area (Å²) in [6.07, 6.45) is 1.92. The van der Waals surface area contributed by atoms with Crippen LogP contribution in [-0.4, -0.2) is 112 Å². The summed E-state index contributed by atoms with van der Waals surface area (Å²) in [5, 5.41) is 10.4. The molecule has 0 bridgehead atoms. The van der Waals surface area contributed by atoms with E-state index in [0.717, 1.165) is 65.3 Å². The van der Waals surface area contributed by atoms with E-state index in [1.54, 1.807) is 0 Å². The van der Waals surface area contributed by atoms with Gasteiger partial charge in [0.2, 0.25) is 0 Å². The molecule has 0 aromatic carbocycles. The molecule has 1 N–H and O–H groups in total. The second-order valence-electron chi connectivity index (χ2n) is 10.5. The van der Waals surface area contributed by atoms with E-state index in [4.69, 9.17) is 19.2 Å². The molecule has 0 aliphatic carbocycles. The Labute approximate surface area is 190 Å². The molecule has 2 fully saturated rings. The molecule has 2 atom stereocenters. The zero-order chi connectivity index (χ0) is 22.7. The Hall–Kier alpha value is -0.570. The van der Waals surface area contributed by atoms with Crippen molar-refractivity contribution in [2.45, 2.75) is 59.7 Å². The van der Waals surface area contributed by atoms with Gasteiger partial charge in [0.15, 0.2) is 0 Å². The van der Waals surface area contributed by atoms with Crippen molar-refractivity contribution in [1.82, 2.24) is 9.80 Å². The van der Waals surface area contributed by atoms with Crippen LogP contribution >= 0.6 is 0 Å². The van der Waals surface area contributed by atoms with Gasteiger partial charge in [-0.2, -0.15) is 0 Å². The number of aliphatic imine (C=N–C) groups is 1. The minimum Gasteiger partial charge on any atom is -0.389 e. The minimum absolute atomic E-state index is 0.0474. The van der Waals surface area contributed by atoms with Crippen molar-refractivity contribution in [2.24, 2.45) is 16.3 Å². The minimum atomic E-state index is -0.436. The Morgan fingerprint density at radius 1 is 1.16 bits per heavy atom. The van der Waals surface area contributed by atoms with E-state index in [-0.39, 0.29) is 5.41 Å². The first-order valence-corrected chi connectivity index (χ1v) is 12.1. The molecular formula is C24H47N3O4. The third kappa shape index (κ3) is 12.9. The maximum absolute atomic E-state index is 10.4. The molecule has 0 aromatic heterocycles. The fourth-order valence-electron chi connectivity index (χ4n) is 3.85. The Kier molecular flexibility index (Phi) is 11.9. The number of piperazine rings is 1. The lowest BCUT2D eigenvalue weighted by atomic mass is 9.91. The first-order chi connectivity index (χ1) is 14.7. The number of aliphatic hydroxyl groups excluding tert-OH is 1. The Morgan fingerprint density at radius 3 is 2.48 bits per heavy atom. The van der Waals surface area contributed by atoms with Crippen LogP contribution in [0.4, 0.5) is 0 Å². The largest absolute Gasteiger partial charge is 0.389 e. The highest BCUT2D eigenvalue weighted by Gasteiger charge is 2.24. The van der Waals surface area contributed by atoms with Gasteiger partial charge in [-0.1, -0.05) is 27.7 Å². The highest BCUT2D eigenvalue weighted by Crippen LogP contribution is 2.21. The Bertz CT molecular complexity index is 515. The van der Waals surface area contributed by atoms with Gasteiger partial charge in [-0.25, -0.2) is 0 Å². The van der Waals surface area contributed by atoms with Gasteiger partial charge < -0.3 is 19.3 Å². The average Bonchev–Trinajstić information content (AvgIpc) is 3.50. The highest BCUT2D eigenvalue weighted by atomic mass is 16.6. The van der Waals surface area contributed by atoms with Gasteiger partial charge in [0.25, 0.3) is 0 Å². The first kappa shape index (κ1) is 26.7. The molecule has 0 saturated carbocycles. The molecule has 2 saturated heterocycles. The van der Waals surface area contributed by atoms with Gasteiger partial charge in [-0.05, 0) is 31.1 Å². The molecule has 0 spiro atoms. The molecule has 2 aliphatic heterocycles. The molecular weight excluding hydrogens is 394 g/mol. The fourth-order valence-corrected chi connectivity index (χ4v) is 3.85. The number of epoxide rings is 1. The number of hydrogen-bond acceptors (Lipinski definition) is 7. The van der Waals surface area contributed by atoms with Gasteiger partial charge in [-0.15, -0.1) is 0 Å². The van der Waals surface area contributed by atoms with Gasteiger partial charge in [0, 0.05) is 51.6 Å². The number of hydrogen-bond donors (Lipinski definition) is 1. The number of nitrogens with zero attached hydrogens (tertiary/aromatic N) is 3. The summed E-state index contributed by atoms with van der Waals surface area (Å²) in [5.74, 6) is 0.676. The van der Waals surface area contributed by atoms with Crippen LogP contribution in [0.1, 0.15) is 47.5 Å². The van der Waals surface area contributed by atoms with Crippen LogP contribution in [0, 0.1) is 11.3 Å². The standard InChI is InChI=1S/C24H47N3O4/c1-20(2)14-21(3)25-7-8-26-9-11-27(12-10-26)15-22(28)16-30-19-24(4,5)6-13-29-17-23-18-31-23/h20,22-23,28H,6-19H2,1-5H3. The maximum Gasteiger partial charge on any atom is 0.104 e. The molecule has 2 rings (SSSR count). The monoisotopic (exact) mass is 441 g/mol. The number of β-amino-alcohol motifs (C(OH)–C–C–N with tert-alkyl or cyclic N) is 1. The van der Waals surface area contributed by atoms with Crippen LogP contribution in [0.25, 0.3) is 0 Å². The van der Waals surface area contributed by atoms with Crippen LogP contribution in [-0.2, 0) is 14.2 Å². The lowest BCUT2D eigenvalue weighted by Crippen LogP contribution is -2.49. The van der Waals surface area contributed by atoms with Crippen LogP contribution in [0.15, 0.2) is 4.99 Å². The van der Waals surface area contributed by atoms with E-state index < -0.39 is 6.10 Å². The summed E-state index contributed by atoms with van der Waals surface area (Å²) >= 11 is 0. The van der Waals surface area contributed by atoms with E-state index >= 15 is 0 Å². The van der Waals surface area contributed by atoms with Gasteiger partial charge in [0.1, 0.15) is 6.10 Å². The van der Waals surface area contributed by atoms with E-state index in [0.29, 0.717) is 38.4 Å². The van der Waals surface area contributed by atoms with Crippen LogP contribution in [0.3, 0.4) is 0 Å². The van der Waals surface area contributed by atoms with Crippen LogP contribution in [0.5, 0.6) is 0 Å². The van der Waals surface area contributed by atoms with Gasteiger partial charge in [-0.3, -0.25) is 14.8 Å². The number of aliphatic hydroxyl groups is 1. The third-order valence-corrected chi connectivity index (χ3v) is 5.87. The number of rotatable bonds is 16. The molecule has 0 aromatic rings. The fraction of sp³-hybridized carbons (Fsp3) is 0.958. The summed E-state index contributed by atoms with van der Waals surface area (Å²) in [7, 11) is 0. The summed E-state index contributed by atoms with van der Waals surface area (Å²) in [6, 6.07) is 0. The lowest BCUT2D eigenvalue weighted by Gasteiger charge is -2.35. The van der Waals surface area contributed by atoms with Crippen molar-refractivity contribution in [1.29, 1.82) is 0 Å². The molecule has 31 heavy (non-hydrogen) atoms. The molecule has 2 aliphatic rings. The van der Waals surface area contributed by atoms with Crippen molar-refractivity contribution < 1.29 is 19.3 Å². The van der Waals surface area contributed by atoms with E-state index in [1.807, 2.05) is 0 Å². The lowest BCUT2D eigenvalue weighted by molar-refractivity contribution is -0.0234. The van der Waals surface area contributed by atoms with Crippen LogP contribution in [0.2, 0.25) is 0 Å². The maximum atomic E-state index is 10.4. The van der Waals surface area contributed by atoms with E-state index in [2.05, 4.69) is 44.4 Å². The average molecular weight is 442 g/mol. The smallest absolute Gasteiger partial charge is 0.104 e. The van der Waals surface area contributed by atoms with E-state index in [1.165, 1.54) is 5.71 Å². The molecule has 7 heteroatoms. The molecule has 2 heterocycles. The SMILES string of the molecule is CC(CC(C)C)=NCCN1CCN(CC(O)COCC(C)(C)CCOCC2CO2)CC1. The van der Waals surface area contributed by atoms with Gasteiger partial charge >= 0.3 is 0 Å². The van der Waals surface area contributed by atoms with Crippen molar-refractivity contribution in [3.63, 3.8) is 0 Å². The van der Waals surface area contributed by atoms with E-state index in [9.17, 15) is 5.11 Å². The van der Waals surface area contributed by atoms with Gasteiger partial charge in [0.05, 0.1) is 39.1 Å². The highest BCUT2D eigenvalue weighted by molar-refractivity contribution is 5.82. The summed E-state index contributed by atoms with van der Waals surface area (Å²) in [4.78, 5) is 9.53. The number of ether oxygens (including phenoxy) is 3. The topological polar surface area (TPSA) is 70.1 Å². The normalized spacial score (nSPS) is 22.3. The zero-order valence-corrected chi connectivity index (χ0v) is 20.6. The second kappa shape index (κ2) is 13.9. The first-order valence-electron chi connectivity index (χ1n) is 12.1.